The number of thiophene rings is 1. The Labute approximate surface area is 108 Å². The number of carbonyl (C=O) groups excluding carboxylic acids is 1. The standard InChI is InChI=1S/C12H10ClNO2S/c1-16-10-4-5-17-12(10)11(15)8-3-2-7(13)6-9(8)14/h2-6H,14H2,1H3. The molecule has 5 heteroatoms. The number of halogens is 1. The van der Waals surface area contributed by atoms with Crippen molar-refractivity contribution in [2.24, 2.45) is 0 Å². The molecule has 0 spiro atoms. The van der Waals surface area contributed by atoms with Crippen molar-refractivity contribution in [2.45, 2.75) is 0 Å². The van der Waals surface area contributed by atoms with Crippen LogP contribution in [-0.2, 0) is 0 Å². The molecule has 0 aliphatic rings. The van der Waals surface area contributed by atoms with Gasteiger partial charge in [0.15, 0.2) is 0 Å². The zero-order valence-corrected chi connectivity index (χ0v) is 10.6. The van der Waals surface area contributed by atoms with Crippen LogP contribution in [0.4, 0.5) is 5.69 Å². The lowest BCUT2D eigenvalue weighted by Crippen LogP contribution is -2.04. The molecule has 1 aromatic carbocycles. The van der Waals surface area contributed by atoms with E-state index >= 15 is 0 Å². The molecule has 1 heterocycles. The lowest BCUT2D eigenvalue weighted by Gasteiger charge is -2.05. The average molecular weight is 268 g/mol. The van der Waals surface area contributed by atoms with Crippen LogP contribution in [0.5, 0.6) is 5.75 Å². The molecule has 0 saturated carbocycles. The molecule has 2 rings (SSSR count). The molecule has 2 N–H and O–H groups in total. The highest BCUT2D eigenvalue weighted by Crippen LogP contribution is 2.29. The quantitative estimate of drug-likeness (QED) is 0.686. The fraction of sp³-hybridized carbons (Fsp3) is 0.0833. The lowest BCUT2D eigenvalue weighted by atomic mass is 10.1. The maximum absolute atomic E-state index is 12.2. The number of carbonyl (C=O) groups is 1. The minimum Gasteiger partial charge on any atom is -0.495 e. The number of benzene rings is 1. The molecule has 0 aliphatic carbocycles. The Balaban J connectivity index is 2.44. The van der Waals surface area contributed by atoms with Gasteiger partial charge < -0.3 is 10.5 Å². The van der Waals surface area contributed by atoms with Gasteiger partial charge in [0.1, 0.15) is 10.6 Å². The van der Waals surface area contributed by atoms with Crippen LogP contribution in [0.3, 0.4) is 0 Å². The van der Waals surface area contributed by atoms with Gasteiger partial charge in [-0.25, -0.2) is 0 Å². The van der Waals surface area contributed by atoms with Crippen molar-refractivity contribution in [3.8, 4) is 5.75 Å². The van der Waals surface area contributed by atoms with Crippen molar-refractivity contribution in [1.82, 2.24) is 0 Å². The fourth-order valence-corrected chi connectivity index (χ4v) is 2.48. The third-order valence-electron chi connectivity index (χ3n) is 2.31. The first-order chi connectivity index (χ1) is 8.13. The molecule has 2 aromatic rings. The number of hydrogen-bond acceptors (Lipinski definition) is 4. The molecule has 0 atom stereocenters. The van der Waals surface area contributed by atoms with E-state index in [0.717, 1.165) is 0 Å². The van der Waals surface area contributed by atoms with Crippen LogP contribution in [0.25, 0.3) is 0 Å². The van der Waals surface area contributed by atoms with Crippen LogP contribution in [0.2, 0.25) is 5.02 Å². The van der Waals surface area contributed by atoms with E-state index in [0.29, 0.717) is 26.9 Å². The molecule has 0 unspecified atom stereocenters. The highest BCUT2D eigenvalue weighted by atomic mass is 35.5. The molecule has 0 bridgehead atoms. The SMILES string of the molecule is COc1ccsc1C(=O)c1ccc(Cl)cc1N. The predicted octanol–water partition coefficient (Wildman–Crippen LogP) is 3.22. The highest BCUT2D eigenvalue weighted by Gasteiger charge is 2.18. The summed E-state index contributed by atoms with van der Waals surface area (Å²) in [6.45, 7) is 0. The summed E-state index contributed by atoms with van der Waals surface area (Å²) >= 11 is 7.12. The maximum Gasteiger partial charge on any atom is 0.208 e. The summed E-state index contributed by atoms with van der Waals surface area (Å²) in [6, 6.07) is 6.59. The Morgan fingerprint density at radius 2 is 2.18 bits per heavy atom. The van der Waals surface area contributed by atoms with Gasteiger partial charge in [-0.1, -0.05) is 11.6 Å². The molecular formula is C12H10ClNO2S. The largest absolute Gasteiger partial charge is 0.495 e. The Hall–Kier alpha value is -1.52. The third-order valence-corrected chi connectivity index (χ3v) is 3.44. The Kier molecular flexibility index (Phi) is 3.36. The van der Waals surface area contributed by atoms with Crippen LogP contribution in [0.1, 0.15) is 15.2 Å². The molecular weight excluding hydrogens is 258 g/mol. The van der Waals surface area contributed by atoms with E-state index in [9.17, 15) is 4.79 Å². The number of anilines is 1. The van der Waals surface area contributed by atoms with Gasteiger partial charge in [0, 0.05) is 16.3 Å². The van der Waals surface area contributed by atoms with Crippen LogP contribution < -0.4 is 10.5 Å². The van der Waals surface area contributed by atoms with Gasteiger partial charge in [-0.15, -0.1) is 11.3 Å². The molecule has 0 aliphatic heterocycles. The average Bonchev–Trinajstić information content (AvgIpc) is 2.76. The summed E-state index contributed by atoms with van der Waals surface area (Å²) in [5.41, 5.74) is 6.59. The number of nitrogens with two attached hydrogens (primary N) is 1. The van der Waals surface area contributed by atoms with Crippen molar-refractivity contribution < 1.29 is 9.53 Å². The number of rotatable bonds is 3. The number of hydrogen-bond donors (Lipinski definition) is 1. The minimum atomic E-state index is -0.147. The first-order valence-electron chi connectivity index (χ1n) is 4.84. The molecule has 17 heavy (non-hydrogen) atoms. The van der Waals surface area contributed by atoms with E-state index in [2.05, 4.69) is 0 Å². The Bertz CT molecular complexity index is 565. The molecule has 1 aromatic heterocycles. The van der Waals surface area contributed by atoms with Crippen LogP contribution in [-0.4, -0.2) is 12.9 Å². The van der Waals surface area contributed by atoms with Crippen LogP contribution in [0.15, 0.2) is 29.6 Å². The molecule has 88 valence electrons. The van der Waals surface area contributed by atoms with Crippen molar-refractivity contribution in [3.63, 3.8) is 0 Å². The van der Waals surface area contributed by atoms with Gasteiger partial charge in [0.25, 0.3) is 0 Å². The van der Waals surface area contributed by atoms with Gasteiger partial charge in [0.05, 0.1) is 7.11 Å². The molecule has 0 radical (unpaired) electrons. The molecule has 3 nitrogen and oxygen atoms in total. The summed E-state index contributed by atoms with van der Waals surface area (Å²) in [5.74, 6) is 0.417. The van der Waals surface area contributed by atoms with E-state index in [4.69, 9.17) is 22.1 Å². The van der Waals surface area contributed by atoms with E-state index < -0.39 is 0 Å². The molecule has 0 saturated heterocycles. The van der Waals surface area contributed by atoms with Crippen molar-refractivity contribution in [1.29, 1.82) is 0 Å². The van der Waals surface area contributed by atoms with E-state index in [-0.39, 0.29) is 5.78 Å². The number of methoxy groups -OCH3 is 1. The van der Waals surface area contributed by atoms with Crippen molar-refractivity contribution in [2.75, 3.05) is 12.8 Å². The van der Waals surface area contributed by atoms with Gasteiger partial charge in [-0.05, 0) is 29.6 Å². The highest BCUT2D eigenvalue weighted by molar-refractivity contribution is 7.12. The second-order valence-corrected chi connectivity index (χ2v) is 4.73. The van der Waals surface area contributed by atoms with Gasteiger partial charge in [-0.3, -0.25) is 4.79 Å². The van der Waals surface area contributed by atoms with E-state index in [1.54, 1.807) is 29.6 Å². The molecule has 0 fully saturated rings. The van der Waals surface area contributed by atoms with E-state index in [1.165, 1.54) is 18.4 Å². The van der Waals surface area contributed by atoms with Crippen molar-refractivity contribution >= 4 is 34.4 Å². The number of ketones is 1. The number of nitrogen functional groups attached to an aromatic ring is 1. The summed E-state index contributed by atoms with van der Waals surface area (Å²) in [4.78, 5) is 12.8. The van der Waals surface area contributed by atoms with Gasteiger partial charge >= 0.3 is 0 Å². The third kappa shape index (κ3) is 2.28. The van der Waals surface area contributed by atoms with Crippen molar-refractivity contribution in [3.05, 3.63) is 45.1 Å². The minimum absolute atomic E-state index is 0.147. The van der Waals surface area contributed by atoms with Gasteiger partial charge in [-0.2, -0.15) is 0 Å². The summed E-state index contributed by atoms with van der Waals surface area (Å²) in [5, 5.41) is 2.32. The Morgan fingerprint density at radius 3 is 2.82 bits per heavy atom. The second-order valence-electron chi connectivity index (χ2n) is 3.38. The number of ether oxygens (including phenoxy) is 1. The Morgan fingerprint density at radius 1 is 1.41 bits per heavy atom. The zero-order chi connectivity index (χ0) is 12.4. The topological polar surface area (TPSA) is 52.3 Å². The first-order valence-corrected chi connectivity index (χ1v) is 6.10. The second kappa shape index (κ2) is 4.77. The van der Waals surface area contributed by atoms with Crippen LogP contribution >= 0.6 is 22.9 Å². The maximum atomic E-state index is 12.2. The zero-order valence-electron chi connectivity index (χ0n) is 9.07. The van der Waals surface area contributed by atoms with Crippen LogP contribution in [0, 0.1) is 0 Å². The monoisotopic (exact) mass is 267 g/mol. The van der Waals surface area contributed by atoms with E-state index in [1.807, 2.05) is 0 Å². The predicted molar refractivity (Wildman–Crippen MR) is 70.2 cm³/mol. The van der Waals surface area contributed by atoms with Gasteiger partial charge in [0.2, 0.25) is 5.78 Å². The molecule has 0 amide bonds. The summed E-state index contributed by atoms with van der Waals surface area (Å²) < 4.78 is 5.11. The fourth-order valence-electron chi connectivity index (χ4n) is 1.49. The first kappa shape index (κ1) is 12.0. The normalized spacial score (nSPS) is 10.2. The smallest absolute Gasteiger partial charge is 0.208 e. The summed E-state index contributed by atoms with van der Waals surface area (Å²) in [7, 11) is 1.53. The summed E-state index contributed by atoms with van der Waals surface area (Å²) in [6.07, 6.45) is 0. The lowest BCUT2D eigenvalue weighted by molar-refractivity contribution is 0.104.